The van der Waals surface area contributed by atoms with Gasteiger partial charge < -0.3 is 21.7 Å². The van der Waals surface area contributed by atoms with Gasteiger partial charge in [-0.05, 0) is 70.8 Å². The second-order valence-electron chi connectivity index (χ2n) is 8.89. The molecular weight excluding hydrogens is 634 g/mol. The predicted molar refractivity (Wildman–Crippen MR) is 150 cm³/mol. The van der Waals surface area contributed by atoms with Gasteiger partial charge >= 0.3 is 59.1 Å². The Kier molecular flexibility index (Phi) is 10.8. The molecule has 0 amide bonds. The summed E-state index contributed by atoms with van der Waals surface area (Å²) in [6.07, 6.45) is 0. The minimum absolute atomic E-state index is 0. The van der Waals surface area contributed by atoms with Crippen molar-refractivity contribution < 1.29 is 95.3 Å². The van der Waals surface area contributed by atoms with Crippen LogP contribution in [0, 0.1) is 0 Å². The van der Waals surface area contributed by atoms with Gasteiger partial charge in [-0.25, -0.2) is 0 Å². The largest absolute Gasteiger partial charge is 1.00 e. The minimum Gasteiger partial charge on any atom is -0.871 e. The maximum absolute atomic E-state index is 13.0. The van der Waals surface area contributed by atoms with E-state index in [1.54, 1.807) is 0 Å². The van der Waals surface area contributed by atoms with Crippen LogP contribution in [0.2, 0.25) is 0 Å². The monoisotopic (exact) mass is 652 g/mol. The van der Waals surface area contributed by atoms with Gasteiger partial charge in [-0.3, -0.25) is 9.11 Å². The molecule has 44 heavy (non-hydrogen) atoms. The number of hydrogen-bond acceptors (Lipinski definition) is 12. The van der Waals surface area contributed by atoms with Crippen molar-refractivity contribution in [2.75, 3.05) is 11.5 Å². The van der Waals surface area contributed by atoms with Crippen LogP contribution in [-0.2, 0) is 20.2 Å². The van der Waals surface area contributed by atoms with Crippen LogP contribution in [0.5, 0.6) is 11.5 Å². The first kappa shape index (κ1) is 35.3. The Morgan fingerprint density at radius 3 is 1.61 bits per heavy atom. The van der Waals surface area contributed by atoms with Crippen molar-refractivity contribution in [2.24, 2.45) is 20.5 Å². The molecule has 214 valence electrons. The SMILES string of the molecule is Nc1ccc2cc(S(=O)(=O)O)c(N=Nc3ccc(N=Nc4c(S(=O)(=O)O)cc5c(N)cccc5c4[O-])cc3)c([O-])c2c1.[Na+].[Na+]. The number of benzene rings is 5. The standard InChI is InChI=1S/C26H20N6O8S2.2Na/c27-14-5-4-13-10-21(41(35,36)37)23(26(34)18(13)11-14)31-29-15-6-8-16(9-7-15)30-32-24-22(42(38,39)40)12-19-17(25(24)33)2-1-3-20(19)28;;/h1-12,33-34H,27-28H2,(H,35,36,37)(H,38,39,40);;/q;2*+1/p-2. The van der Waals surface area contributed by atoms with Crippen LogP contribution < -0.4 is 80.8 Å². The van der Waals surface area contributed by atoms with Gasteiger partial charge in [0.2, 0.25) is 0 Å². The molecule has 0 unspecified atom stereocenters. The average Bonchev–Trinajstić information content (AvgIpc) is 2.92. The quantitative estimate of drug-likeness (QED) is 0.0725. The molecule has 6 N–H and O–H groups in total. The molecule has 14 nitrogen and oxygen atoms in total. The number of hydrogen-bond donors (Lipinski definition) is 4. The number of azo groups is 2. The smallest absolute Gasteiger partial charge is 0.871 e. The topological polar surface area (TPSA) is 256 Å². The Labute approximate surface area is 294 Å². The first-order chi connectivity index (χ1) is 19.7. The van der Waals surface area contributed by atoms with Gasteiger partial charge in [-0.1, -0.05) is 29.7 Å². The van der Waals surface area contributed by atoms with E-state index in [1.165, 1.54) is 60.7 Å². The third-order valence-electron chi connectivity index (χ3n) is 6.10. The molecule has 5 aromatic rings. The number of nitrogen functional groups attached to an aromatic ring is 2. The average molecular weight is 653 g/mol. The van der Waals surface area contributed by atoms with Crippen LogP contribution in [0.3, 0.4) is 0 Å². The molecule has 5 rings (SSSR count). The van der Waals surface area contributed by atoms with Gasteiger partial charge in [0, 0.05) is 16.8 Å². The Morgan fingerprint density at radius 2 is 1.09 bits per heavy atom. The molecule has 0 aliphatic rings. The molecule has 0 bridgehead atoms. The fourth-order valence-electron chi connectivity index (χ4n) is 4.11. The van der Waals surface area contributed by atoms with E-state index in [0.29, 0.717) is 0 Å². The van der Waals surface area contributed by atoms with Crippen LogP contribution in [-0.4, -0.2) is 25.9 Å². The molecule has 5 aromatic carbocycles. The summed E-state index contributed by atoms with van der Waals surface area (Å²) in [6.45, 7) is 0. The summed E-state index contributed by atoms with van der Waals surface area (Å²) in [4.78, 5) is -1.51. The van der Waals surface area contributed by atoms with Crippen molar-refractivity contribution >= 4 is 75.9 Å². The van der Waals surface area contributed by atoms with Gasteiger partial charge in [0.05, 0.1) is 22.7 Å². The maximum atomic E-state index is 13.0. The van der Waals surface area contributed by atoms with Gasteiger partial charge in [-0.2, -0.15) is 27.1 Å². The molecule has 0 heterocycles. The van der Waals surface area contributed by atoms with Crippen molar-refractivity contribution in [2.45, 2.75) is 9.79 Å². The Bertz CT molecular complexity index is 2150. The van der Waals surface area contributed by atoms with Crippen molar-refractivity contribution in [3.05, 3.63) is 72.8 Å². The van der Waals surface area contributed by atoms with Crippen LogP contribution in [0.25, 0.3) is 21.5 Å². The van der Waals surface area contributed by atoms with Crippen molar-refractivity contribution in [3.8, 4) is 11.5 Å². The number of fused-ring (bicyclic) bond motifs is 2. The Balaban J connectivity index is 0.00000264. The molecule has 18 heteroatoms. The molecule has 0 aliphatic carbocycles. The summed E-state index contributed by atoms with van der Waals surface area (Å²) in [6, 6.07) is 16.2. The van der Waals surface area contributed by atoms with Crippen molar-refractivity contribution in [1.29, 1.82) is 0 Å². The maximum Gasteiger partial charge on any atom is 1.00 e. The zero-order chi connectivity index (χ0) is 30.4. The summed E-state index contributed by atoms with van der Waals surface area (Å²) in [5.41, 5.74) is 11.0. The first-order valence-electron chi connectivity index (χ1n) is 11.7. The number of rotatable bonds is 6. The van der Waals surface area contributed by atoms with Crippen LogP contribution in [0.15, 0.2) is 103 Å². The second kappa shape index (κ2) is 13.5. The summed E-state index contributed by atoms with van der Waals surface area (Å²) >= 11 is 0. The molecule has 0 fully saturated rings. The van der Waals surface area contributed by atoms with Gasteiger partial charge in [0.1, 0.15) is 9.79 Å². The zero-order valence-corrected chi connectivity index (χ0v) is 28.7. The van der Waals surface area contributed by atoms with E-state index in [1.807, 2.05) is 0 Å². The summed E-state index contributed by atoms with van der Waals surface area (Å²) in [5, 5.41) is 41.7. The molecule has 0 aliphatic heterocycles. The minimum atomic E-state index is -4.87. The number of nitrogens with two attached hydrogens (primary N) is 2. The van der Waals surface area contributed by atoms with E-state index < -0.39 is 52.9 Å². The van der Waals surface area contributed by atoms with E-state index in [2.05, 4.69) is 20.5 Å². The van der Waals surface area contributed by atoms with E-state index in [4.69, 9.17) is 11.5 Å². The fraction of sp³-hybridized carbons (Fsp3) is 0. The number of nitrogens with zero attached hydrogens (tertiary/aromatic N) is 4. The molecular formula is C26H18N6Na2O8S2. The third kappa shape index (κ3) is 7.21. The van der Waals surface area contributed by atoms with E-state index >= 15 is 0 Å². The Hall–Kier alpha value is -3.16. The third-order valence-corrected chi connectivity index (χ3v) is 7.84. The van der Waals surface area contributed by atoms with E-state index in [0.717, 1.165) is 12.1 Å². The molecule has 0 aromatic heterocycles. The summed E-state index contributed by atoms with van der Waals surface area (Å²) < 4.78 is 67.2. The molecule has 0 radical (unpaired) electrons. The van der Waals surface area contributed by atoms with E-state index in [-0.39, 0.29) is 103 Å². The molecule has 0 spiro atoms. The first-order valence-corrected chi connectivity index (χ1v) is 14.6. The summed E-state index contributed by atoms with van der Waals surface area (Å²) in [7, 11) is -9.71. The number of anilines is 2. The normalized spacial score (nSPS) is 12.0. The molecule has 0 saturated carbocycles. The van der Waals surface area contributed by atoms with E-state index in [9.17, 15) is 36.2 Å². The van der Waals surface area contributed by atoms with Crippen LogP contribution in [0.4, 0.5) is 34.1 Å². The fourth-order valence-corrected chi connectivity index (χ4v) is 5.41. The van der Waals surface area contributed by atoms with Gasteiger partial charge in [0.25, 0.3) is 20.2 Å². The van der Waals surface area contributed by atoms with Crippen LogP contribution in [0.1, 0.15) is 0 Å². The molecule has 0 saturated heterocycles. The van der Waals surface area contributed by atoms with Crippen LogP contribution >= 0.6 is 0 Å². The van der Waals surface area contributed by atoms with Gasteiger partial charge in [-0.15, -0.1) is 10.2 Å². The Morgan fingerprint density at radius 1 is 0.591 bits per heavy atom. The second-order valence-corrected chi connectivity index (χ2v) is 11.7. The van der Waals surface area contributed by atoms with Crippen molar-refractivity contribution in [3.63, 3.8) is 0 Å². The van der Waals surface area contributed by atoms with Gasteiger partial charge in [0.15, 0.2) is 0 Å². The van der Waals surface area contributed by atoms with Crippen molar-refractivity contribution in [1.82, 2.24) is 0 Å². The predicted octanol–water partition coefficient (Wildman–Crippen LogP) is -1.36. The molecule has 0 atom stereocenters. The summed E-state index contributed by atoms with van der Waals surface area (Å²) in [5.74, 6) is -1.64. The zero-order valence-electron chi connectivity index (χ0n) is 23.0.